The van der Waals surface area contributed by atoms with Crippen molar-refractivity contribution in [1.82, 2.24) is 0 Å². The van der Waals surface area contributed by atoms with Crippen LogP contribution in [0.1, 0.15) is 58.8 Å². The van der Waals surface area contributed by atoms with Crippen molar-refractivity contribution < 1.29 is 14.3 Å². The van der Waals surface area contributed by atoms with E-state index in [1.807, 2.05) is 0 Å². The molecule has 1 aliphatic heterocycles. The first-order valence-electron chi connectivity index (χ1n) is 7.56. The number of fused-ring (bicyclic) bond motifs is 1. The molecule has 2 aliphatic rings. The van der Waals surface area contributed by atoms with Gasteiger partial charge in [-0.15, -0.1) is 0 Å². The fourth-order valence-electron chi connectivity index (χ4n) is 2.83. The summed E-state index contributed by atoms with van der Waals surface area (Å²) in [6, 6.07) is 0. The summed E-state index contributed by atoms with van der Waals surface area (Å²) in [5, 5.41) is 0. The molecule has 0 N–H and O–H groups in total. The van der Waals surface area contributed by atoms with Gasteiger partial charge in [-0.3, -0.25) is 4.79 Å². The van der Waals surface area contributed by atoms with Crippen molar-refractivity contribution in [1.29, 1.82) is 0 Å². The molecule has 0 aromatic heterocycles. The largest absolute Gasteiger partial charge is 0.465 e. The molecule has 2 fully saturated rings. The van der Waals surface area contributed by atoms with E-state index >= 15 is 0 Å². The SMILES string of the molecule is CCCC[C@H](CC)COC(=O)[C@H]1CC[C@H]2O[C@@H]2C1. The molecule has 0 unspecified atom stereocenters. The van der Waals surface area contributed by atoms with Crippen LogP contribution in [0.2, 0.25) is 0 Å². The standard InChI is InChI=1S/C15H26O3/c1-3-5-6-11(4-2)10-17-15(16)12-7-8-13-14(9-12)18-13/h11-14H,3-10H2,1-2H3/t11-,12-,13+,14+/m0/s1. The van der Waals surface area contributed by atoms with Crippen molar-refractivity contribution in [2.24, 2.45) is 11.8 Å². The smallest absolute Gasteiger partial charge is 0.309 e. The summed E-state index contributed by atoms with van der Waals surface area (Å²) in [7, 11) is 0. The number of unbranched alkanes of at least 4 members (excludes halogenated alkanes) is 1. The zero-order valence-electron chi connectivity index (χ0n) is 11.7. The maximum atomic E-state index is 12.0. The van der Waals surface area contributed by atoms with Gasteiger partial charge in [-0.2, -0.15) is 0 Å². The van der Waals surface area contributed by atoms with Crippen LogP contribution >= 0.6 is 0 Å². The van der Waals surface area contributed by atoms with Crippen LogP contribution in [0.15, 0.2) is 0 Å². The lowest BCUT2D eigenvalue weighted by atomic mass is 9.89. The first-order valence-corrected chi connectivity index (χ1v) is 7.56. The number of rotatable bonds is 7. The summed E-state index contributed by atoms with van der Waals surface area (Å²) in [5.74, 6) is 0.652. The fourth-order valence-corrected chi connectivity index (χ4v) is 2.83. The van der Waals surface area contributed by atoms with Crippen molar-refractivity contribution in [2.75, 3.05) is 6.61 Å². The highest BCUT2D eigenvalue weighted by atomic mass is 16.6. The molecule has 0 bridgehead atoms. The summed E-state index contributed by atoms with van der Waals surface area (Å²) >= 11 is 0. The Kier molecular flexibility index (Phi) is 5.04. The molecular formula is C15H26O3. The number of epoxide rings is 1. The molecule has 0 amide bonds. The Bertz CT molecular complexity index is 277. The third-order valence-electron chi connectivity index (χ3n) is 4.34. The van der Waals surface area contributed by atoms with Gasteiger partial charge in [0.15, 0.2) is 0 Å². The zero-order chi connectivity index (χ0) is 13.0. The third kappa shape index (κ3) is 3.71. The zero-order valence-corrected chi connectivity index (χ0v) is 11.7. The molecule has 1 aliphatic carbocycles. The molecule has 1 heterocycles. The molecule has 4 atom stereocenters. The van der Waals surface area contributed by atoms with E-state index in [0.29, 0.717) is 24.7 Å². The van der Waals surface area contributed by atoms with E-state index < -0.39 is 0 Å². The van der Waals surface area contributed by atoms with E-state index in [1.165, 1.54) is 19.3 Å². The molecule has 0 aromatic carbocycles. The Hall–Kier alpha value is -0.570. The summed E-state index contributed by atoms with van der Waals surface area (Å²) in [6.45, 7) is 4.99. The molecule has 0 radical (unpaired) electrons. The molecule has 1 saturated heterocycles. The summed E-state index contributed by atoms with van der Waals surface area (Å²) < 4.78 is 11.0. The van der Waals surface area contributed by atoms with Crippen LogP contribution in [0.25, 0.3) is 0 Å². The van der Waals surface area contributed by atoms with E-state index in [4.69, 9.17) is 9.47 Å². The van der Waals surface area contributed by atoms with Crippen molar-refractivity contribution in [3.05, 3.63) is 0 Å². The van der Waals surface area contributed by atoms with Gasteiger partial charge in [0.05, 0.1) is 24.7 Å². The predicted octanol–water partition coefficient (Wildman–Crippen LogP) is 3.31. The summed E-state index contributed by atoms with van der Waals surface area (Å²) in [4.78, 5) is 12.0. The lowest BCUT2D eigenvalue weighted by Crippen LogP contribution is -2.25. The minimum absolute atomic E-state index is 0.0129. The third-order valence-corrected chi connectivity index (χ3v) is 4.34. The molecular weight excluding hydrogens is 228 g/mol. The average molecular weight is 254 g/mol. The van der Waals surface area contributed by atoms with Gasteiger partial charge in [0.25, 0.3) is 0 Å². The van der Waals surface area contributed by atoms with Crippen LogP contribution in [0.3, 0.4) is 0 Å². The van der Waals surface area contributed by atoms with E-state index in [9.17, 15) is 4.79 Å². The van der Waals surface area contributed by atoms with E-state index in [0.717, 1.165) is 25.7 Å². The van der Waals surface area contributed by atoms with Crippen LogP contribution < -0.4 is 0 Å². The number of hydrogen-bond acceptors (Lipinski definition) is 3. The second-order valence-electron chi connectivity index (χ2n) is 5.77. The summed E-state index contributed by atoms with van der Waals surface area (Å²) in [5.41, 5.74) is 0. The van der Waals surface area contributed by atoms with Gasteiger partial charge in [-0.05, 0) is 31.6 Å². The van der Waals surface area contributed by atoms with Crippen molar-refractivity contribution in [3.63, 3.8) is 0 Å². The Morgan fingerprint density at radius 1 is 1.33 bits per heavy atom. The highest BCUT2D eigenvalue weighted by molar-refractivity contribution is 5.72. The molecule has 3 heteroatoms. The predicted molar refractivity (Wildman–Crippen MR) is 70.3 cm³/mol. The highest BCUT2D eigenvalue weighted by Crippen LogP contribution is 2.39. The normalized spacial score (nSPS) is 31.6. The van der Waals surface area contributed by atoms with Crippen molar-refractivity contribution in [2.45, 2.75) is 71.0 Å². The fraction of sp³-hybridized carbons (Fsp3) is 0.933. The maximum absolute atomic E-state index is 12.0. The Labute approximate surface area is 110 Å². The number of hydrogen-bond donors (Lipinski definition) is 0. The topological polar surface area (TPSA) is 38.8 Å². The average Bonchev–Trinajstić information content (AvgIpc) is 3.16. The second-order valence-corrected chi connectivity index (χ2v) is 5.77. The van der Waals surface area contributed by atoms with Gasteiger partial charge < -0.3 is 9.47 Å². The van der Waals surface area contributed by atoms with Gasteiger partial charge >= 0.3 is 5.97 Å². The monoisotopic (exact) mass is 254 g/mol. The Balaban J connectivity index is 1.66. The molecule has 3 nitrogen and oxygen atoms in total. The number of carbonyl (C=O) groups excluding carboxylic acids is 1. The van der Waals surface area contributed by atoms with Crippen LogP contribution in [0.5, 0.6) is 0 Å². The van der Waals surface area contributed by atoms with Gasteiger partial charge in [0.2, 0.25) is 0 Å². The van der Waals surface area contributed by atoms with E-state index in [1.54, 1.807) is 0 Å². The molecule has 0 aromatic rings. The van der Waals surface area contributed by atoms with Gasteiger partial charge in [-0.25, -0.2) is 0 Å². The van der Waals surface area contributed by atoms with Crippen molar-refractivity contribution in [3.8, 4) is 0 Å². The quantitative estimate of drug-likeness (QED) is 0.517. The van der Waals surface area contributed by atoms with Gasteiger partial charge in [0, 0.05) is 0 Å². The first kappa shape index (κ1) is 13.9. The molecule has 1 saturated carbocycles. The molecule has 2 rings (SSSR count). The van der Waals surface area contributed by atoms with E-state index in [2.05, 4.69) is 13.8 Å². The number of ether oxygens (including phenoxy) is 2. The number of esters is 1. The van der Waals surface area contributed by atoms with Crippen LogP contribution in [0.4, 0.5) is 0 Å². The number of carbonyl (C=O) groups is 1. The molecule has 0 spiro atoms. The lowest BCUT2D eigenvalue weighted by molar-refractivity contribution is -0.151. The molecule has 104 valence electrons. The van der Waals surface area contributed by atoms with Gasteiger partial charge in [0.1, 0.15) is 0 Å². The Morgan fingerprint density at radius 2 is 2.17 bits per heavy atom. The highest BCUT2D eigenvalue weighted by Gasteiger charge is 2.46. The summed E-state index contributed by atoms with van der Waals surface area (Å²) in [6.07, 6.45) is 8.42. The minimum Gasteiger partial charge on any atom is -0.465 e. The maximum Gasteiger partial charge on any atom is 0.309 e. The Morgan fingerprint density at radius 3 is 2.83 bits per heavy atom. The van der Waals surface area contributed by atoms with Crippen LogP contribution in [-0.4, -0.2) is 24.8 Å². The van der Waals surface area contributed by atoms with Crippen LogP contribution in [-0.2, 0) is 14.3 Å². The minimum atomic E-state index is 0.0129. The van der Waals surface area contributed by atoms with Crippen LogP contribution in [0, 0.1) is 11.8 Å². The van der Waals surface area contributed by atoms with Crippen molar-refractivity contribution >= 4 is 5.97 Å². The first-order chi connectivity index (χ1) is 8.74. The lowest BCUT2D eigenvalue weighted by Gasteiger charge is -2.20. The molecule has 18 heavy (non-hydrogen) atoms. The second kappa shape index (κ2) is 6.55. The van der Waals surface area contributed by atoms with Gasteiger partial charge in [-0.1, -0.05) is 33.1 Å². The van der Waals surface area contributed by atoms with E-state index in [-0.39, 0.29) is 11.9 Å².